The highest BCUT2D eigenvalue weighted by atomic mass is 32.2. The second-order valence-corrected chi connectivity index (χ2v) is 5.76. The van der Waals surface area contributed by atoms with Crippen LogP contribution >= 0.6 is 11.8 Å². The highest BCUT2D eigenvalue weighted by molar-refractivity contribution is 7.99. The van der Waals surface area contributed by atoms with Crippen LogP contribution in [0.5, 0.6) is 0 Å². The molecule has 0 radical (unpaired) electrons. The maximum Gasteiger partial charge on any atom is 0.337 e. The first-order valence-corrected chi connectivity index (χ1v) is 7.34. The Labute approximate surface area is 112 Å². The molecular formula is C14H19NO2S. The number of ether oxygens (including phenoxy) is 1. The predicted molar refractivity (Wildman–Crippen MR) is 75.0 cm³/mol. The van der Waals surface area contributed by atoms with Crippen LogP contribution in [0.4, 0.5) is 0 Å². The lowest BCUT2D eigenvalue weighted by Gasteiger charge is -2.22. The first-order valence-electron chi connectivity index (χ1n) is 6.29. The van der Waals surface area contributed by atoms with E-state index in [0.29, 0.717) is 10.8 Å². The first kappa shape index (κ1) is 13.4. The molecule has 1 unspecified atom stereocenters. The van der Waals surface area contributed by atoms with Crippen molar-refractivity contribution < 1.29 is 9.53 Å². The van der Waals surface area contributed by atoms with E-state index in [4.69, 9.17) is 4.74 Å². The Morgan fingerprint density at radius 3 is 3.17 bits per heavy atom. The minimum atomic E-state index is -0.263. The van der Waals surface area contributed by atoms with Crippen molar-refractivity contribution in [3.8, 4) is 0 Å². The number of hydrogen-bond acceptors (Lipinski definition) is 4. The number of benzene rings is 1. The summed E-state index contributed by atoms with van der Waals surface area (Å²) >= 11 is 1.96. The van der Waals surface area contributed by atoms with Gasteiger partial charge in [0.2, 0.25) is 0 Å². The lowest BCUT2D eigenvalue weighted by atomic mass is 10.1. The molecule has 1 N–H and O–H groups in total. The Morgan fingerprint density at radius 2 is 2.44 bits per heavy atom. The highest BCUT2D eigenvalue weighted by Gasteiger charge is 2.13. The van der Waals surface area contributed by atoms with Gasteiger partial charge < -0.3 is 10.1 Å². The summed E-state index contributed by atoms with van der Waals surface area (Å²) in [6.07, 6.45) is 2.55. The van der Waals surface area contributed by atoms with E-state index in [9.17, 15) is 4.79 Å². The van der Waals surface area contributed by atoms with E-state index < -0.39 is 0 Å². The van der Waals surface area contributed by atoms with Crippen LogP contribution < -0.4 is 5.32 Å². The number of nitrogens with one attached hydrogen (secondary N) is 1. The maximum absolute atomic E-state index is 11.4. The van der Waals surface area contributed by atoms with E-state index >= 15 is 0 Å². The average Bonchev–Trinajstić information content (AvgIpc) is 2.45. The van der Waals surface area contributed by atoms with Gasteiger partial charge in [-0.15, -0.1) is 0 Å². The van der Waals surface area contributed by atoms with Gasteiger partial charge in [0.05, 0.1) is 12.7 Å². The topological polar surface area (TPSA) is 38.3 Å². The fourth-order valence-corrected chi connectivity index (χ4v) is 3.26. The van der Waals surface area contributed by atoms with E-state index in [1.807, 2.05) is 23.9 Å². The lowest BCUT2D eigenvalue weighted by Crippen LogP contribution is -2.31. The van der Waals surface area contributed by atoms with Gasteiger partial charge in [-0.2, -0.15) is 11.8 Å². The van der Waals surface area contributed by atoms with E-state index in [1.54, 1.807) is 6.07 Å². The third-order valence-corrected chi connectivity index (χ3v) is 4.46. The van der Waals surface area contributed by atoms with Crippen molar-refractivity contribution in [1.29, 1.82) is 0 Å². The summed E-state index contributed by atoms with van der Waals surface area (Å²) in [6, 6.07) is 7.70. The second-order valence-electron chi connectivity index (χ2n) is 4.47. The van der Waals surface area contributed by atoms with Gasteiger partial charge in [0.25, 0.3) is 0 Å². The van der Waals surface area contributed by atoms with Crippen LogP contribution in [0.1, 0.15) is 28.8 Å². The van der Waals surface area contributed by atoms with Crippen molar-refractivity contribution in [3.63, 3.8) is 0 Å². The number of rotatable bonds is 4. The van der Waals surface area contributed by atoms with Gasteiger partial charge in [-0.1, -0.05) is 12.1 Å². The SMILES string of the molecule is COC(=O)c1cccc(CSC2CCCNC2)c1. The fourth-order valence-electron chi connectivity index (χ4n) is 2.08. The molecule has 1 aliphatic rings. The Bertz CT molecular complexity index is 403. The zero-order chi connectivity index (χ0) is 12.8. The number of carbonyl (C=O) groups excluding carboxylic acids is 1. The van der Waals surface area contributed by atoms with Crippen molar-refractivity contribution >= 4 is 17.7 Å². The average molecular weight is 265 g/mol. The molecule has 1 heterocycles. The van der Waals surface area contributed by atoms with Crippen molar-refractivity contribution in [1.82, 2.24) is 5.32 Å². The number of esters is 1. The van der Waals surface area contributed by atoms with Crippen LogP contribution in [-0.2, 0) is 10.5 Å². The van der Waals surface area contributed by atoms with E-state index in [0.717, 1.165) is 18.8 Å². The third kappa shape index (κ3) is 3.75. The molecule has 1 aromatic rings. The molecule has 4 heteroatoms. The molecule has 1 aliphatic heterocycles. The largest absolute Gasteiger partial charge is 0.465 e. The van der Waals surface area contributed by atoms with Crippen molar-refractivity contribution in [2.24, 2.45) is 0 Å². The number of carbonyl (C=O) groups is 1. The van der Waals surface area contributed by atoms with Crippen LogP contribution in [0.15, 0.2) is 24.3 Å². The quantitative estimate of drug-likeness (QED) is 0.849. The zero-order valence-electron chi connectivity index (χ0n) is 10.6. The van der Waals surface area contributed by atoms with Crippen LogP contribution in [0.3, 0.4) is 0 Å². The molecular weight excluding hydrogens is 246 g/mol. The predicted octanol–water partition coefficient (Wildman–Crippen LogP) is 2.46. The van der Waals surface area contributed by atoms with E-state index in [1.165, 1.54) is 25.5 Å². The van der Waals surface area contributed by atoms with Crippen LogP contribution in [0.25, 0.3) is 0 Å². The number of hydrogen-bond donors (Lipinski definition) is 1. The monoisotopic (exact) mass is 265 g/mol. The van der Waals surface area contributed by atoms with Crippen molar-refractivity contribution in [3.05, 3.63) is 35.4 Å². The Balaban J connectivity index is 1.90. The first-order chi connectivity index (χ1) is 8.79. The summed E-state index contributed by atoms with van der Waals surface area (Å²) in [5.74, 6) is 0.693. The number of thioether (sulfide) groups is 1. The molecule has 0 aliphatic carbocycles. The van der Waals surface area contributed by atoms with Gasteiger partial charge in [0.1, 0.15) is 0 Å². The molecule has 0 amide bonds. The molecule has 98 valence electrons. The second kappa shape index (κ2) is 6.81. The molecule has 1 fully saturated rings. The van der Waals surface area contributed by atoms with Gasteiger partial charge >= 0.3 is 5.97 Å². The van der Waals surface area contributed by atoms with Gasteiger partial charge in [-0.3, -0.25) is 0 Å². The van der Waals surface area contributed by atoms with E-state index in [2.05, 4.69) is 11.4 Å². The van der Waals surface area contributed by atoms with E-state index in [-0.39, 0.29) is 5.97 Å². The van der Waals surface area contributed by atoms with Crippen molar-refractivity contribution in [2.75, 3.05) is 20.2 Å². The summed E-state index contributed by atoms with van der Waals surface area (Å²) < 4.78 is 4.73. The molecule has 1 aromatic carbocycles. The van der Waals surface area contributed by atoms with Crippen LogP contribution in [0, 0.1) is 0 Å². The summed E-state index contributed by atoms with van der Waals surface area (Å²) in [6.45, 7) is 2.25. The van der Waals surface area contributed by atoms with Gasteiger partial charge in [-0.25, -0.2) is 4.79 Å². The summed E-state index contributed by atoms with van der Waals surface area (Å²) in [4.78, 5) is 11.4. The van der Waals surface area contributed by atoms with Crippen LogP contribution in [-0.4, -0.2) is 31.4 Å². The normalized spacial score (nSPS) is 19.5. The third-order valence-electron chi connectivity index (χ3n) is 3.09. The van der Waals surface area contributed by atoms with Gasteiger partial charge in [-0.05, 0) is 37.1 Å². The molecule has 2 rings (SSSR count). The molecule has 0 saturated carbocycles. The molecule has 0 spiro atoms. The van der Waals surface area contributed by atoms with Crippen LogP contribution in [0.2, 0.25) is 0 Å². The molecule has 18 heavy (non-hydrogen) atoms. The molecule has 1 atom stereocenters. The van der Waals surface area contributed by atoms with Gasteiger partial charge in [0.15, 0.2) is 0 Å². The Hall–Kier alpha value is -1.00. The lowest BCUT2D eigenvalue weighted by molar-refractivity contribution is 0.0600. The minimum Gasteiger partial charge on any atom is -0.465 e. The van der Waals surface area contributed by atoms with Gasteiger partial charge in [0, 0.05) is 17.5 Å². The molecule has 0 bridgehead atoms. The smallest absolute Gasteiger partial charge is 0.337 e. The maximum atomic E-state index is 11.4. The summed E-state index contributed by atoms with van der Waals surface area (Å²) in [5, 5.41) is 4.11. The standard InChI is InChI=1S/C14H19NO2S/c1-17-14(16)12-5-2-4-11(8-12)10-18-13-6-3-7-15-9-13/h2,4-5,8,13,15H,3,6-7,9-10H2,1H3. The summed E-state index contributed by atoms with van der Waals surface area (Å²) in [7, 11) is 1.41. The number of methoxy groups -OCH3 is 1. The molecule has 1 saturated heterocycles. The molecule has 3 nitrogen and oxygen atoms in total. The Kier molecular flexibility index (Phi) is 5.08. The Morgan fingerprint density at radius 1 is 1.56 bits per heavy atom. The fraction of sp³-hybridized carbons (Fsp3) is 0.500. The summed E-state index contributed by atoms with van der Waals surface area (Å²) in [5.41, 5.74) is 1.82. The highest BCUT2D eigenvalue weighted by Crippen LogP contribution is 2.23. The number of piperidine rings is 1. The zero-order valence-corrected chi connectivity index (χ0v) is 11.5. The van der Waals surface area contributed by atoms with Crippen molar-refractivity contribution in [2.45, 2.75) is 23.8 Å². The minimum absolute atomic E-state index is 0.263. The molecule has 0 aromatic heterocycles.